The summed E-state index contributed by atoms with van der Waals surface area (Å²) in [6, 6.07) is 17.4. The lowest BCUT2D eigenvalue weighted by Gasteiger charge is -2.36. The molecule has 0 saturated carbocycles. The van der Waals surface area contributed by atoms with Crippen molar-refractivity contribution >= 4 is 51.5 Å². The number of pyridine rings is 1. The third-order valence-electron chi connectivity index (χ3n) is 7.18. The third-order valence-corrected chi connectivity index (χ3v) is 7.18. The fraction of sp³-hybridized carbons (Fsp3) is 0.276. The van der Waals surface area contributed by atoms with Crippen molar-refractivity contribution in [1.29, 1.82) is 0 Å². The minimum Gasteiger partial charge on any atom is -0.353 e. The van der Waals surface area contributed by atoms with Crippen LogP contribution in [0.15, 0.2) is 67.0 Å². The molecule has 12 heteroatoms. The van der Waals surface area contributed by atoms with Gasteiger partial charge in [0.2, 0.25) is 11.9 Å². The van der Waals surface area contributed by atoms with Crippen molar-refractivity contribution < 1.29 is 18.7 Å². The van der Waals surface area contributed by atoms with Crippen LogP contribution in [0.1, 0.15) is 6.92 Å². The van der Waals surface area contributed by atoms with E-state index in [4.69, 9.17) is 9.72 Å². The van der Waals surface area contributed by atoms with Crippen molar-refractivity contribution in [2.75, 3.05) is 59.5 Å². The molecule has 2 aromatic heterocycles. The van der Waals surface area contributed by atoms with Gasteiger partial charge in [-0.25, -0.2) is 14.4 Å². The molecule has 6 rings (SSSR count). The number of aromatic nitrogens is 3. The molecule has 2 aromatic carbocycles. The minimum absolute atomic E-state index is 0.0293. The monoisotopic (exact) mass is 556 g/mol. The molecule has 4 heterocycles. The number of carbonyl (C=O) groups excluding carboxylic acids is 2. The molecule has 0 bridgehead atoms. The maximum absolute atomic E-state index is 15.2. The number of hydrogen-bond donors (Lipinski definition) is 2. The second kappa shape index (κ2) is 11.3. The van der Waals surface area contributed by atoms with Crippen molar-refractivity contribution in [2.24, 2.45) is 0 Å². The van der Waals surface area contributed by atoms with Crippen LogP contribution >= 0.6 is 0 Å². The van der Waals surface area contributed by atoms with Crippen LogP contribution in [-0.2, 0) is 14.3 Å². The average molecular weight is 557 g/mol. The Balaban J connectivity index is 1.09. The fourth-order valence-electron chi connectivity index (χ4n) is 5.05. The van der Waals surface area contributed by atoms with E-state index in [0.29, 0.717) is 37.8 Å². The molecule has 1 atom stereocenters. The number of fused-ring (bicyclic) bond motifs is 1. The maximum atomic E-state index is 15.2. The first-order valence-electron chi connectivity index (χ1n) is 13.4. The van der Waals surface area contributed by atoms with Gasteiger partial charge in [0.05, 0.1) is 18.4 Å². The summed E-state index contributed by atoms with van der Waals surface area (Å²) in [4.78, 5) is 42.6. The number of ether oxygens (including phenoxy) is 1. The molecule has 41 heavy (non-hydrogen) atoms. The van der Waals surface area contributed by atoms with E-state index in [0.717, 1.165) is 22.3 Å². The molecule has 2 aliphatic heterocycles. The standard InChI is InChI=1S/C29H29FN8O3/c1-19(39)32-17-25-28(40)38(18-41-25)21-15-23(30)27(33-16-21)37-13-11-36(12-14-37)26-9-10-31-29(35-26)34-24-8-4-6-20-5-2-3-7-22(20)24/h2-10,15-16,25H,11-14,17-18H2,1H3,(H,32,39)(H,31,34,35)/t25-/m0/s1. The molecule has 2 fully saturated rings. The van der Waals surface area contributed by atoms with Crippen LogP contribution in [0.3, 0.4) is 0 Å². The first-order chi connectivity index (χ1) is 20.0. The van der Waals surface area contributed by atoms with E-state index in [-0.39, 0.29) is 30.9 Å². The van der Waals surface area contributed by atoms with Gasteiger partial charge in [0.25, 0.3) is 5.91 Å². The van der Waals surface area contributed by atoms with Gasteiger partial charge in [0, 0.05) is 56.4 Å². The average Bonchev–Trinajstić information content (AvgIpc) is 3.36. The molecule has 0 radical (unpaired) electrons. The van der Waals surface area contributed by atoms with E-state index in [1.807, 2.05) is 35.2 Å². The van der Waals surface area contributed by atoms with E-state index >= 15 is 4.39 Å². The second-order valence-corrected chi connectivity index (χ2v) is 9.85. The molecular formula is C29H29FN8O3. The zero-order valence-electron chi connectivity index (χ0n) is 22.5. The summed E-state index contributed by atoms with van der Waals surface area (Å²) in [6.45, 7) is 3.74. The lowest BCUT2D eigenvalue weighted by atomic mass is 10.1. The predicted molar refractivity (Wildman–Crippen MR) is 154 cm³/mol. The number of nitrogens with one attached hydrogen (secondary N) is 2. The number of rotatable bonds is 7. The molecule has 0 spiro atoms. The number of piperazine rings is 1. The fourth-order valence-corrected chi connectivity index (χ4v) is 5.05. The summed E-state index contributed by atoms with van der Waals surface area (Å²) in [5.74, 6) is 0.404. The Morgan fingerprint density at radius 1 is 1.05 bits per heavy atom. The van der Waals surface area contributed by atoms with Crippen LogP contribution in [0.4, 0.5) is 33.3 Å². The Hall–Kier alpha value is -4.84. The smallest absolute Gasteiger partial charge is 0.259 e. The largest absolute Gasteiger partial charge is 0.353 e. The maximum Gasteiger partial charge on any atom is 0.259 e. The first kappa shape index (κ1) is 26.4. The highest BCUT2D eigenvalue weighted by Crippen LogP contribution is 2.28. The molecule has 0 aliphatic carbocycles. The van der Waals surface area contributed by atoms with Crippen LogP contribution in [0.2, 0.25) is 0 Å². The zero-order valence-corrected chi connectivity index (χ0v) is 22.5. The predicted octanol–water partition coefficient (Wildman–Crippen LogP) is 3.06. The molecule has 210 valence electrons. The second-order valence-electron chi connectivity index (χ2n) is 9.85. The van der Waals surface area contributed by atoms with Crippen LogP contribution in [-0.4, -0.2) is 72.3 Å². The number of benzene rings is 2. The zero-order chi connectivity index (χ0) is 28.3. The Morgan fingerprint density at radius 3 is 2.63 bits per heavy atom. The van der Waals surface area contributed by atoms with Crippen LogP contribution in [0.25, 0.3) is 10.8 Å². The van der Waals surface area contributed by atoms with E-state index in [1.54, 1.807) is 6.20 Å². The van der Waals surface area contributed by atoms with E-state index in [2.05, 4.69) is 43.7 Å². The molecule has 4 aromatic rings. The van der Waals surface area contributed by atoms with Crippen molar-refractivity contribution in [1.82, 2.24) is 20.3 Å². The van der Waals surface area contributed by atoms with Crippen molar-refractivity contribution in [3.05, 3.63) is 72.8 Å². The van der Waals surface area contributed by atoms with Gasteiger partial charge in [-0.3, -0.25) is 14.5 Å². The molecular weight excluding hydrogens is 527 g/mol. The number of amides is 2. The summed E-state index contributed by atoms with van der Waals surface area (Å²) in [7, 11) is 0. The lowest BCUT2D eigenvalue weighted by Crippen LogP contribution is -2.47. The molecule has 2 amide bonds. The van der Waals surface area contributed by atoms with Gasteiger partial charge in [-0.15, -0.1) is 0 Å². The highest BCUT2D eigenvalue weighted by molar-refractivity contribution is 5.98. The number of anilines is 5. The SMILES string of the molecule is CC(=O)NC[C@@H]1OCN(c2cnc(N3CCN(c4ccnc(Nc5cccc6ccccc56)n4)CC3)c(F)c2)C1=O. The number of hydrogen-bond acceptors (Lipinski definition) is 9. The Kier molecular flexibility index (Phi) is 7.30. The topological polar surface area (TPSA) is 116 Å². The summed E-state index contributed by atoms with van der Waals surface area (Å²) in [6.07, 6.45) is 2.40. The van der Waals surface area contributed by atoms with Gasteiger partial charge in [-0.2, -0.15) is 4.98 Å². The highest BCUT2D eigenvalue weighted by Gasteiger charge is 2.34. The number of nitrogens with zero attached hydrogens (tertiary/aromatic N) is 6. The van der Waals surface area contributed by atoms with Gasteiger partial charge in [-0.1, -0.05) is 36.4 Å². The van der Waals surface area contributed by atoms with Crippen LogP contribution in [0.5, 0.6) is 0 Å². The van der Waals surface area contributed by atoms with E-state index < -0.39 is 11.9 Å². The van der Waals surface area contributed by atoms with Crippen molar-refractivity contribution in [2.45, 2.75) is 13.0 Å². The van der Waals surface area contributed by atoms with Crippen LogP contribution < -0.4 is 25.3 Å². The quantitative estimate of drug-likeness (QED) is 0.354. The normalized spacial score (nSPS) is 17.3. The first-order valence-corrected chi connectivity index (χ1v) is 13.4. The van der Waals surface area contributed by atoms with E-state index in [9.17, 15) is 9.59 Å². The summed E-state index contributed by atoms with van der Waals surface area (Å²) in [5, 5.41) is 8.12. The minimum atomic E-state index is -0.806. The lowest BCUT2D eigenvalue weighted by molar-refractivity contribution is -0.123. The summed E-state index contributed by atoms with van der Waals surface area (Å²) in [5.41, 5.74) is 1.24. The number of halogens is 1. The van der Waals surface area contributed by atoms with Crippen molar-refractivity contribution in [3.8, 4) is 0 Å². The Labute approximate surface area is 236 Å². The van der Waals surface area contributed by atoms with Crippen LogP contribution in [0, 0.1) is 5.82 Å². The molecule has 2 saturated heterocycles. The third kappa shape index (κ3) is 5.59. The summed E-state index contributed by atoms with van der Waals surface area (Å²) >= 11 is 0. The molecule has 2 N–H and O–H groups in total. The van der Waals surface area contributed by atoms with Gasteiger partial charge >= 0.3 is 0 Å². The van der Waals surface area contributed by atoms with E-state index in [1.165, 1.54) is 24.1 Å². The highest BCUT2D eigenvalue weighted by atomic mass is 19.1. The van der Waals surface area contributed by atoms with Gasteiger partial charge in [0.1, 0.15) is 12.5 Å². The van der Waals surface area contributed by atoms with Gasteiger partial charge in [-0.05, 0) is 17.5 Å². The molecule has 2 aliphatic rings. The Bertz CT molecular complexity index is 1590. The molecule has 0 unspecified atom stereocenters. The van der Waals surface area contributed by atoms with Crippen molar-refractivity contribution in [3.63, 3.8) is 0 Å². The molecule has 11 nitrogen and oxygen atoms in total. The number of carbonyl (C=O) groups is 2. The van der Waals surface area contributed by atoms with Gasteiger partial charge < -0.3 is 25.2 Å². The Morgan fingerprint density at radius 2 is 1.83 bits per heavy atom. The van der Waals surface area contributed by atoms with Gasteiger partial charge in [0.15, 0.2) is 17.7 Å². The summed E-state index contributed by atoms with van der Waals surface area (Å²) < 4.78 is 20.6.